The second-order valence-electron chi connectivity index (χ2n) is 3.67. The molecule has 0 aliphatic heterocycles. The lowest BCUT2D eigenvalue weighted by Crippen LogP contribution is -2.24. The number of benzene rings is 1. The maximum Gasteiger partial charge on any atom is 0.253 e. The number of hydrogen-bond donors (Lipinski definition) is 3. The molecule has 2 aromatic rings. The molecule has 1 heterocycles. The van der Waals surface area contributed by atoms with E-state index >= 15 is 0 Å². The molecule has 0 fully saturated rings. The first kappa shape index (κ1) is 12.0. The zero-order valence-corrected chi connectivity index (χ0v) is 9.93. The molecule has 0 atom stereocenters. The first-order chi connectivity index (χ1) is 8.70. The Hall–Kier alpha value is -2.50. The van der Waals surface area contributed by atoms with Gasteiger partial charge in [-0.1, -0.05) is 0 Å². The molecular weight excluding hydrogens is 232 g/mol. The van der Waals surface area contributed by atoms with Crippen molar-refractivity contribution in [3.8, 4) is 5.75 Å². The SMILES string of the molecule is COc1ccc(C(=O)NCc2ncc[nH]2)c(N)c1. The molecule has 0 aliphatic rings. The van der Waals surface area contributed by atoms with Gasteiger partial charge in [0, 0.05) is 24.1 Å². The average molecular weight is 246 g/mol. The topological polar surface area (TPSA) is 93.0 Å². The van der Waals surface area contributed by atoms with Crippen LogP contribution in [-0.4, -0.2) is 23.0 Å². The molecule has 0 spiro atoms. The summed E-state index contributed by atoms with van der Waals surface area (Å²) in [6.07, 6.45) is 3.33. The van der Waals surface area contributed by atoms with Crippen LogP contribution in [0.15, 0.2) is 30.6 Å². The van der Waals surface area contributed by atoms with E-state index in [1.54, 1.807) is 37.7 Å². The highest BCUT2D eigenvalue weighted by Gasteiger charge is 2.10. The maximum atomic E-state index is 11.9. The quantitative estimate of drug-likeness (QED) is 0.700. The van der Waals surface area contributed by atoms with Gasteiger partial charge in [0.15, 0.2) is 0 Å². The molecular formula is C12H14N4O2. The Morgan fingerprint density at radius 3 is 3.00 bits per heavy atom. The number of aromatic amines is 1. The first-order valence-electron chi connectivity index (χ1n) is 5.40. The number of amides is 1. The van der Waals surface area contributed by atoms with Gasteiger partial charge in [-0.25, -0.2) is 4.98 Å². The van der Waals surface area contributed by atoms with Gasteiger partial charge in [-0.15, -0.1) is 0 Å². The van der Waals surface area contributed by atoms with Gasteiger partial charge < -0.3 is 20.8 Å². The normalized spacial score (nSPS) is 10.1. The summed E-state index contributed by atoms with van der Waals surface area (Å²) in [5.74, 6) is 1.07. The molecule has 0 saturated heterocycles. The van der Waals surface area contributed by atoms with Crippen LogP contribution in [0.25, 0.3) is 0 Å². The lowest BCUT2D eigenvalue weighted by molar-refractivity contribution is 0.0951. The molecule has 1 amide bonds. The van der Waals surface area contributed by atoms with Crippen molar-refractivity contribution in [3.63, 3.8) is 0 Å². The summed E-state index contributed by atoms with van der Waals surface area (Å²) in [7, 11) is 1.55. The van der Waals surface area contributed by atoms with Crippen LogP contribution in [0.1, 0.15) is 16.2 Å². The predicted molar refractivity (Wildman–Crippen MR) is 67.2 cm³/mol. The molecule has 94 valence electrons. The molecule has 0 bridgehead atoms. The summed E-state index contributed by atoms with van der Waals surface area (Å²) in [4.78, 5) is 18.8. The van der Waals surface area contributed by atoms with Crippen LogP contribution in [0.5, 0.6) is 5.75 Å². The fraction of sp³-hybridized carbons (Fsp3) is 0.167. The van der Waals surface area contributed by atoms with E-state index in [2.05, 4.69) is 15.3 Å². The number of ether oxygens (including phenoxy) is 1. The Kier molecular flexibility index (Phi) is 3.47. The third-order valence-electron chi connectivity index (χ3n) is 2.47. The van der Waals surface area contributed by atoms with E-state index in [4.69, 9.17) is 10.5 Å². The van der Waals surface area contributed by atoms with Crippen LogP contribution in [0.4, 0.5) is 5.69 Å². The summed E-state index contributed by atoms with van der Waals surface area (Å²) in [6.45, 7) is 0.331. The Bertz CT molecular complexity index is 537. The summed E-state index contributed by atoms with van der Waals surface area (Å²) in [5, 5.41) is 2.73. The molecule has 1 aromatic heterocycles. The standard InChI is InChI=1S/C12H14N4O2/c1-18-8-2-3-9(10(13)6-8)12(17)16-7-11-14-4-5-15-11/h2-6H,7,13H2,1H3,(H,14,15)(H,16,17). The zero-order valence-electron chi connectivity index (χ0n) is 9.93. The van der Waals surface area contributed by atoms with Crippen molar-refractivity contribution in [2.75, 3.05) is 12.8 Å². The average Bonchev–Trinajstić information content (AvgIpc) is 2.88. The molecule has 0 saturated carbocycles. The number of nitrogens with one attached hydrogen (secondary N) is 2. The van der Waals surface area contributed by atoms with Crippen molar-refractivity contribution in [1.29, 1.82) is 0 Å². The molecule has 0 unspecified atom stereocenters. The second-order valence-corrected chi connectivity index (χ2v) is 3.67. The lowest BCUT2D eigenvalue weighted by atomic mass is 10.1. The monoisotopic (exact) mass is 246 g/mol. The van der Waals surface area contributed by atoms with Gasteiger partial charge >= 0.3 is 0 Å². The highest BCUT2D eigenvalue weighted by molar-refractivity contribution is 5.99. The van der Waals surface area contributed by atoms with E-state index < -0.39 is 0 Å². The number of rotatable bonds is 4. The van der Waals surface area contributed by atoms with Gasteiger partial charge in [0.2, 0.25) is 0 Å². The Labute approximate surface area is 104 Å². The maximum absolute atomic E-state index is 11.9. The van der Waals surface area contributed by atoms with Gasteiger partial charge in [0.1, 0.15) is 11.6 Å². The Balaban J connectivity index is 2.04. The van der Waals surface area contributed by atoms with Gasteiger partial charge in [-0.2, -0.15) is 0 Å². The van der Waals surface area contributed by atoms with Crippen molar-refractivity contribution in [1.82, 2.24) is 15.3 Å². The predicted octanol–water partition coefficient (Wildman–Crippen LogP) is 0.930. The number of H-pyrrole nitrogens is 1. The largest absolute Gasteiger partial charge is 0.497 e. The second kappa shape index (κ2) is 5.22. The van der Waals surface area contributed by atoms with E-state index in [1.165, 1.54) is 0 Å². The minimum Gasteiger partial charge on any atom is -0.497 e. The van der Waals surface area contributed by atoms with E-state index in [0.717, 1.165) is 0 Å². The molecule has 4 N–H and O–H groups in total. The number of methoxy groups -OCH3 is 1. The van der Waals surface area contributed by atoms with E-state index in [-0.39, 0.29) is 5.91 Å². The smallest absolute Gasteiger partial charge is 0.253 e. The minimum atomic E-state index is -0.244. The Morgan fingerprint density at radius 2 is 2.39 bits per heavy atom. The number of nitrogens with two attached hydrogens (primary N) is 1. The fourth-order valence-corrected chi connectivity index (χ4v) is 1.53. The first-order valence-corrected chi connectivity index (χ1v) is 5.40. The third kappa shape index (κ3) is 2.60. The number of hydrogen-bond acceptors (Lipinski definition) is 4. The van der Waals surface area contributed by atoms with Crippen LogP contribution in [-0.2, 0) is 6.54 Å². The molecule has 0 aliphatic carbocycles. The summed E-state index contributed by atoms with van der Waals surface area (Å²) >= 11 is 0. The number of carbonyl (C=O) groups excluding carboxylic acids is 1. The molecule has 18 heavy (non-hydrogen) atoms. The van der Waals surface area contributed by atoms with Crippen molar-refractivity contribution in [3.05, 3.63) is 42.0 Å². The zero-order chi connectivity index (χ0) is 13.0. The van der Waals surface area contributed by atoms with Gasteiger partial charge in [-0.3, -0.25) is 4.79 Å². The van der Waals surface area contributed by atoms with E-state index in [9.17, 15) is 4.79 Å². The lowest BCUT2D eigenvalue weighted by Gasteiger charge is -2.08. The number of aromatic nitrogens is 2. The van der Waals surface area contributed by atoms with Crippen molar-refractivity contribution in [2.45, 2.75) is 6.54 Å². The highest BCUT2D eigenvalue weighted by Crippen LogP contribution is 2.19. The molecule has 2 rings (SSSR count). The van der Waals surface area contributed by atoms with Gasteiger partial charge in [0.25, 0.3) is 5.91 Å². The number of nitrogens with zero attached hydrogens (tertiary/aromatic N) is 1. The number of nitrogen functional groups attached to an aromatic ring is 1. The van der Waals surface area contributed by atoms with E-state index in [1.807, 2.05) is 0 Å². The molecule has 1 aromatic carbocycles. The van der Waals surface area contributed by atoms with Gasteiger partial charge in [-0.05, 0) is 12.1 Å². The Morgan fingerprint density at radius 1 is 1.56 bits per heavy atom. The third-order valence-corrected chi connectivity index (χ3v) is 2.47. The molecule has 6 nitrogen and oxygen atoms in total. The molecule has 0 radical (unpaired) electrons. The summed E-state index contributed by atoms with van der Waals surface area (Å²) in [5.41, 5.74) is 6.58. The summed E-state index contributed by atoms with van der Waals surface area (Å²) in [6, 6.07) is 4.94. The van der Waals surface area contributed by atoms with Crippen molar-refractivity contribution in [2.24, 2.45) is 0 Å². The number of anilines is 1. The van der Waals surface area contributed by atoms with Crippen molar-refractivity contribution < 1.29 is 9.53 Å². The number of imidazole rings is 1. The van der Waals surface area contributed by atoms with Crippen molar-refractivity contribution >= 4 is 11.6 Å². The van der Waals surface area contributed by atoms with Crippen LogP contribution in [0.2, 0.25) is 0 Å². The van der Waals surface area contributed by atoms with Crippen LogP contribution in [0, 0.1) is 0 Å². The van der Waals surface area contributed by atoms with Gasteiger partial charge in [0.05, 0.1) is 19.2 Å². The van der Waals surface area contributed by atoms with Crippen LogP contribution < -0.4 is 15.8 Å². The molecule has 6 heteroatoms. The highest BCUT2D eigenvalue weighted by atomic mass is 16.5. The van der Waals surface area contributed by atoms with E-state index in [0.29, 0.717) is 29.4 Å². The fourth-order valence-electron chi connectivity index (χ4n) is 1.53. The van der Waals surface area contributed by atoms with Crippen LogP contribution >= 0.6 is 0 Å². The number of carbonyl (C=O) groups is 1. The minimum absolute atomic E-state index is 0.244. The summed E-state index contributed by atoms with van der Waals surface area (Å²) < 4.78 is 5.02. The van der Waals surface area contributed by atoms with Crippen LogP contribution in [0.3, 0.4) is 0 Å².